The van der Waals surface area contributed by atoms with Crippen LogP contribution in [0.15, 0.2) is 36.9 Å². The Hall–Kier alpha value is -3.20. The van der Waals surface area contributed by atoms with Crippen LogP contribution in [-0.2, 0) is 0 Å². The molecule has 0 fully saturated rings. The molecule has 3 aromatic rings. The van der Waals surface area contributed by atoms with Crippen molar-refractivity contribution >= 4 is 29.1 Å². The first-order chi connectivity index (χ1) is 13.4. The van der Waals surface area contributed by atoms with E-state index in [0.29, 0.717) is 30.4 Å². The molecule has 0 unspecified atom stereocenters. The maximum Gasteiger partial charge on any atom is 0.319 e. The molecule has 10 heteroatoms. The summed E-state index contributed by atoms with van der Waals surface area (Å²) in [6.45, 7) is 4.70. The van der Waals surface area contributed by atoms with Crippen molar-refractivity contribution in [2.24, 2.45) is 0 Å². The van der Waals surface area contributed by atoms with Gasteiger partial charge in [-0.05, 0) is 32.0 Å². The van der Waals surface area contributed by atoms with Gasteiger partial charge in [-0.25, -0.2) is 24.1 Å². The summed E-state index contributed by atoms with van der Waals surface area (Å²) in [5.41, 5.74) is 2.35. The van der Waals surface area contributed by atoms with Crippen LogP contribution in [0.1, 0.15) is 11.4 Å². The maximum atomic E-state index is 13.1. The Morgan fingerprint density at radius 2 is 2.00 bits per heavy atom. The van der Waals surface area contributed by atoms with Crippen LogP contribution in [0.2, 0.25) is 5.02 Å². The van der Waals surface area contributed by atoms with E-state index in [4.69, 9.17) is 11.6 Å². The minimum absolute atomic E-state index is 0.0534. The molecule has 2 aromatic heterocycles. The van der Waals surface area contributed by atoms with Crippen LogP contribution in [0.25, 0.3) is 5.82 Å². The molecule has 0 radical (unpaired) electrons. The van der Waals surface area contributed by atoms with Crippen molar-refractivity contribution in [3.05, 3.63) is 59.1 Å². The lowest BCUT2D eigenvalue weighted by Gasteiger charge is -2.10. The first kappa shape index (κ1) is 19.6. The van der Waals surface area contributed by atoms with E-state index in [1.807, 2.05) is 18.4 Å². The summed E-state index contributed by atoms with van der Waals surface area (Å²) in [7, 11) is 0. The Kier molecular flexibility index (Phi) is 6.05. The van der Waals surface area contributed by atoms with Gasteiger partial charge in [0.2, 0.25) is 0 Å². The van der Waals surface area contributed by atoms with E-state index in [1.54, 1.807) is 12.4 Å². The molecule has 0 aliphatic rings. The second-order valence-corrected chi connectivity index (χ2v) is 6.39. The van der Waals surface area contributed by atoms with Crippen LogP contribution in [0.5, 0.6) is 0 Å². The minimum Gasteiger partial charge on any atom is -0.368 e. The Bertz CT molecular complexity index is 992. The summed E-state index contributed by atoms with van der Waals surface area (Å²) in [6, 6.07) is 5.35. The zero-order chi connectivity index (χ0) is 20.1. The first-order valence-corrected chi connectivity index (χ1v) is 8.88. The number of rotatable bonds is 6. The van der Waals surface area contributed by atoms with Crippen molar-refractivity contribution in [1.29, 1.82) is 0 Å². The predicted molar refractivity (Wildman–Crippen MR) is 106 cm³/mol. The highest BCUT2D eigenvalue weighted by molar-refractivity contribution is 6.31. The van der Waals surface area contributed by atoms with Crippen LogP contribution in [0.4, 0.5) is 20.7 Å². The molecule has 0 atom stereocenters. The van der Waals surface area contributed by atoms with Gasteiger partial charge in [-0.2, -0.15) is 0 Å². The third-order valence-corrected chi connectivity index (χ3v) is 4.34. The topological polar surface area (TPSA) is 96.8 Å². The molecule has 2 amide bonds. The summed E-state index contributed by atoms with van der Waals surface area (Å²) in [5.74, 6) is 0.792. The quantitative estimate of drug-likeness (QED) is 0.549. The molecule has 0 saturated heterocycles. The Balaban J connectivity index is 1.48. The zero-order valence-electron chi connectivity index (χ0n) is 15.3. The van der Waals surface area contributed by atoms with Gasteiger partial charge in [0, 0.05) is 30.5 Å². The highest BCUT2D eigenvalue weighted by Gasteiger charge is 2.07. The largest absolute Gasteiger partial charge is 0.368 e. The lowest BCUT2D eigenvalue weighted by molar-refractivity contribution is 0.252. The van der Waals surface area contributed by atoms with Crippen molar-refractivity contribution in [3.8, 4) is 5.82 Å². The van der Waals surface area contributed by atoms with E-state index in [-0.39, 0.29) is 5.02 Å². The van der Waals surface area contributed by atoms with Gasteiger partial charge in [-0.15, -0.1) is 0 Å². The molecule has 8 nitrogen and oxygen atoms in total. The van der Waals surface area contributed by atoms with Crippen molar-refractivity contribution in [2.45, 2.75) is 13.8 Å². The molecule has 28 heavy (non-hydrogen) atoms. The average molecular weight is 404 g/mol. The molecular weight excluding hydrogens is 385 g/mol. The third-order valence-electron chi connectivity index (χ3n) is 4.05. The SMILES string of the molecule is Cc1ncn(-c2cc(NCCNC(=O)Nc3ccc(F)c(Cl)c3)ncn2)c1C. The predicted octanol–water partition coefficient (Wildman–Crippen LogP) is 3.31. The number of urea groups is 1. The van der Waals surface area contributed by atoms with Crippen molar-refractivity contribution in [3.63, 3.8) is 0 Å². The number of carbonyl (C=O) groups excluding carboxylic acids is 1. The number of halogens is 2. The lowest BCUT2D eigenvalue weighted by Crippen LogP contribution is -2.32. The average Bonchev–Trinajstić information content (AvgIpc) is 3.01. The molecule has 0 spiro atoms. The molecule has 146 valence electrons. The number of amides is 2. The molecule has 0 aliphatic heterocycles. The van der Waals surface area contributed by atoms with Gasteiger partial charge >= 0.3 is 6.03 Å². The van der Waals surface area contributed by atoms with Crippen LogP contribution in [0.3, 0.4) is 0 Å². The van der Waals surface area contributed by atoms with Crippen molar-refractivity contribution in [2.75, 3.05) is 23.7 Å². The van der Waals surface area contributed by atoms with Crippen LogP contribution in [0, 0.1) is 19.7 Å². The fourth-order valence-electron chi connectivity index (χ4n) is 2.42. The number of nitrogens with zero attached hydrogens (tertiary/aromatic N) is 4. The summed E-state index contributed by atoms with van der Waals surface area (Å²) in [4.78, 5) is 24.6. The number of hydrogen-bond acceptors (Lipinski definition) is 5. The maximum absolute atomic E-state index is 13.1. The second-order valence-electron chi connectivity index (χ2n) is 5.98. The van der Waals surface area contributed by atoms with E-state index in [0.717, 1.165) is 11.4 Å². The van der Waals surface area contributed by atoms with Gasteiger partial charge in [0.05, 0.1) is 10.7 Å². The fourth-order valence-corrected chi connectivity index (χ4v) is 2.60. The molecule has 3 rings (SSSR count). The molecule has 1 aromatic carbocycles. The van der Waals surface area contributed by atoms with Crippen molar-refractivity contribution in [1.82, 2.24) is 24.8 Å². The third kappa shape index (κ3) is 4.74. The zero-order valence-corrected chi connectivity index (χ0v) is 16.1. The van der Waals surface area contributed by atoms with Gasteiger partial charge in [-0.1, -0.05) is 11.6 Å². The smallest absolute Gasteiger partial charge is 0.319 e. The normalized spacial score (nSPS) is 10.6. The number of anilines is 2. The van der Waals surface area contributed by atoms with E-state index in [9.17, 15) is 9.18 Å². The number of hydrogen-bond donors (Lipinski definition) is 3. The summed E-state index contributed by atoms with van der Waals surface area (Å²) in [6.07, 6.45) is 3.18. The standard InChI is InChI=1S/C18H19ClFN7O/c1-11-12(2)27(10-25-11)17-8-16(23-9-24-17)21-5-6-22-18(28)26-13-3-4-15(20)14(19)7-13/h3-4,7-10H,5-6H2,1-2H3,(H,21,23,24)(H2,22,26,28). The number of carbonyl (C=O) groups is 1. The Morgan fingerprint density at radius 3 is 2.71 bits per heavy atom. The molecule has 0 saturated carbocycles. The number of aryl methyl sites for hydroxylation is 1. The van der Waals surface area contributed by atoms with Crippen LogP contribution < -0.4 is 16.0 Å². The summed E-state index contributed by atoms with van der Waals surface area (Å²) < 4.78 is 15.0. The van der Waals surface area contributed by atoms with Gasteiger partial charge < -0.3 is 16.0 Å². The number of benzene rings is 1. The van der Waals surface area contributed by atoms with Crippen molar-refractivity contribution < 1.29 is 9.18 Å². The van der Waals surface area contributed by atoms with E-state index in [2.05, 4.69) is 30.9 Å². The van der Waals surface area contributed by atoms with E-state index < -0.39 is 11.8 Å². The highest BCUT2D eigenvalue weighted by Crippen LogP contribution is 2.19. The molecular formula is C18H19ClFN7O. The van der Waals surface area contributed by atoms with Gasteiger partial charge in [-0.3, -0.25) is 4.57 Å². The fraction of sp³-hybridized carbons (Fsp3) is 0.222. The second kappa shape index (κ2) is 8.66. The molecule has 2 heterocycles. The number of nitrogens with one attached hydrogen (secondary N) is 3. The lowest BCUT2D eigenvalue weighted by atomic mass is 10.3. The summed E-state index contributed by atoms with van der Waals surface area (Å²) in [5, 5.41) is 8.33. The van der Waals surface area contributed by atoms with E-state index >= 15 is 0 Å². The van der Waals surface area contributed by atoms with Gasteiger partial charge in [0.25, 0.3) is 0 Å². The molecule has 3 N–H and O–H groups in total. The monoisotopic (exact) mass is 403 g/mol. The molecule has 0 bridgehead atoms. The van der Waals surface area contributed by atoms with Crippen LogP contribution >= 0.6 is 11.6 Å². The Morgan fingerprint density at radius 1 is 1.18 bits per heavy atom. The number of aromatic nitrogens is 4. The first-order valence-electron chi connectivity index (χ1n) is 8.51. The Labute approximate surface area is 166 Å². The summed E-state index contributed by atoms with van der Waals surface area (Å²) >= 11 is 5.69. The van der Waals surface area contributed by atoms with E-state index in [1.165, 1.54) is 24.5 Å². The van der Waals surface area contributed by atoms with Gasteiger partial charge in [0.15, 0.2) is 0 Å². The highest BCUT2D eigenvalue weighted by atomic mass is 35.5. The number of imidazole rings is 1. The molecule has 0 aliphatic carbocycles. The van der Waals surface area contributed by atoms with Crippen LogP contribution in [-0.4, -0.2) is 38.6 Å². The minimum atomic E-state index is -0.540. The van der Waals surface area contributed by atoms with Gasteiger partial charge in [0.1, 0.15) is 30.1 Å².